The van der Waals surface area contributed by atoms with Crippen LogP contribution in [-0.2, 0) is 16.1 Å². The number of primary amides is 1. The molecule has 114 valence electrons. The van der Waals surface area contributed by atoms with Crippen LogP contribution in [0, 0.1) is 0 Å². The summed E-state index contributed by atoms with van der Waals surface area (Å²) >= 11 is 0. The highest BCUT2D eigenvalue weighted by molar-refractivity contribution is 5.79. The molecule has 1 aliphatic heterocycles. The molecule has 0 spiro atoms. The number of amides is 1. The summed E-state index contributed by atoms with van der Waals surface area (Å²) in [6, 6.07) is 5.62. The van der Waals surface area contributed by atoms with Gasteiger partial charge in [0.1, 0.15) is 11.8 Å². The van der Waals surface area contributed by atoms with Crippen molar-refractivity contribution in [3.63, 3.8) is 0 Å². The smallest absolute Gasteiger partial charge is 0.247 e. The second-order valence-corrected chi connectivity index (χ2v) is 5.13. The van der Waals surface area contributed by atoms with Crippen LogP contribution in [-0.4, -0.2) is 51.6 Å². The van der Waals surface area contributed by atoms with Crippen molar-refractivity contribution < 1.29 is 9.53 Å². The molecule has 0 bridgehead atoms. The Hall–Kier alpha value is -2.38. The second-order valence-electron chi connectivity index (χ2n) is 5.13. The Bertz CT molecular complexity index is 632. The second kappa shape index (κ2) is 6.59. The van der Waals surface area contributed by atoms with E-state index in [1.165, 1.54) is 0 Å². The fourth-order valence-corrected chi connectivity index (χ4v) is 2.34. The van der Waals surface area contributed by atoms with Gasteiger partial charge in [0.2, 0.25) is 5.91 Å². The van der Waals surface area contributed by atoms with Gasteiger partial charge in [0.25, 0.3) is 0 Å². The molecule has 2 aromatic heterocycles. The largest absolute Gasteiger partial charge is 0.367 e. The van der Waals surface area contributed by atoms with E-state index in [1.54, 1.807) is 18.6 Å². The first kappa shape index (κ1) is 14.6. The number of nitrogens with two attached hydrogens (primary N) is 1. The number of ether oxygens (including phenoxy) is 1. The minimum absolute atomic E-state index is 0.425. The molecule has 7 heteroatoms. The number of carbonyl (C=O) groups is 1. The molecule has 22 heavy (non-hydrogen) atoms. The topological polar surface area (TPSA) is 94.2 Å². The summed E-state index contributed by atoms with van der Waals surface area (Å²) in [5, 5.41) is 0. The minimum Gasteiger partial charge on any atom is -0.367 e. The highest BCUT2D eigenvalue weighted by atomic mass is 16.5. The van der Waals surface area contributed by atoms with Gasteiger partial charge in [-0.2, -0.15) is 0 Å². The van der Waals surface area contributed by atoms with Gasteiger partial charge in [-0.15, -0.1) is 0 Å². The average Bonchev–Trinajstić information content (AvgIpc) is 2.56. The molecule has 3 heterocycles. The SMILES string of the molecule is NC(=O)[C@H]1CN(Cc2cnc(-c3ccccn3)nc2)CCO1. The van der Waals surface area contributed by atoms with Crippen LogP contribution in [0.3, 0.4) is 0 Å². The van der Waals surface area contributed by atoms with Crippen molar-refractivity contribution in [1.82, 2.24) is 19.9 Å². The summed E-state index contributed by atoms with van der Waals surface area (Å²) in [5.74, 6) is 0.174. The van der Waals surface area contributed by atoms with Crippen molar-refractivity contribution in [3.8, 4) is 11.5 Å². The van der Waals surface area contributed by atoms with Gasteiger partial charge in [0.05, 0.1) is 6.61 Å². The van der Waals surface area contributed by atoms with Crippen molar-refractivity contribution in [2.45, 2.75) is 12.6 Å². The van der Waals surface area contributed by atoms with Crippen LogP contribution in [0.2, 0.25) is 0 Å². The predicted molar refractivity (Wildman–Crippen MR) is 79.5 cm³/mol. The van der Waals surface area contributed by atoms with Crippen molar-refractivity contribution in [3.05, 3.63) is 42.4 Å². The van der Waals surface area contributed by atoms with E-state index in [9.17, 15) is 4.79 Å². The number of hydrogen-bond acceptors (Lipinski definition) is 6. The van der Waals surface area contributed by atoms with Crippen LogP contribution in [0.5, 0.6) is 0 Å². The maximum atomic E-state index is 11.2. The zero-order valence-corrected chi connectivity index (χ0v) is 12.1. The first-order valence-corrected chi connectivity index (χ1v) is 7.08. The Morgan fingerprint density at radius 3 is 2.82 bits per heavy atom. The van der Waals surface area contributed by atoms with E-state index in [4.69, 9.17) is 10.5 Å². The Morgan fingerprint density at radius 2 is 2.14 bits per heavy atom. The first-order valence-electron chi connectivity index (χ1n) is 7.08. The molecule has 0 unspecified atom stereocenters. The highest BCUT2D eigenvalue weighted by Gasteiger charge is 2.24. The maximum Gasteiger partial charge on any atom is 0.247 e. The number of aromatic nitrogens is 3. The lowest BCUT2D eigenvalue weighted by Crippen LogP contribution is -2.47. The van der Waals surface area contributed by atoms with E-state index >= 15 is 0 Å². The van der Waals surface area contributed by atoms with Crippen LogP contribution in [0.25, 0.3) is 11.5 Å². The zero-order chi connectivity index (χ0) is 15.4. The van der Waals surface area contributed by atoms with Crippen LogP contribution in [0.4, 0.5) is 0 Å². The third-order valence-electron chi connectivity index (χ3n) is 3.47. The van der Waals surface area contributed by atoms with Crippen molar-refractivity contribution in [1.29, 1.82) is 0 Å². The molecule has 1 atom stereocenters. The van der Waals surface area contributed by atoms with E-state index in [0.717, 1.165) is 17.8 Å². The monoisotopic (exact) mass is 299 g/mol. The molecule has 1 saturated heterocycles. The van der Waals surface area contributed by atoms with Crippen LogP contribution in [0.1, 0.15) is 5.56 Å². The lowest BCUT2D eigenvalue weighted by molar-refractivity contribution is -0.135. The molecule has 1 amide bonds. The molecule has 1 fully saturated rings. The summed E-state index contributed by atoms with van der Waals surface area (Å²) < 4.78 is 5.33. The van der Waals surface area contributed by atoms with E-state index in [0.29, 0.717) is 25.5 Å². The lowest BCUT2D eigenvalue weighted by Gasteiger charge is -2.31. The summed E-state index contributed by atoms with van der Waals surface area (Å²) in [6.07, 6.45) is 4.74. The summed E-state index contributed by atoms with van der Waals surface area (Å²) in [6.45, 7) is 2.42. The van der Waals surface area contributed by atoms with E-state index in [2.05, 4.69) is 19.9 Å². The Morgan fingerprint density at radius 1 is 1.32 bits per heavy atom. The number of carbonyl (C=O) groups excluding carboxylic acids is 1. The maximum absolute atomic E-state index is 11.2. The van der Waals surface area contributed by atoms with Gasteiger partial charge >= 0.3 is 0 Å². The molecule has 2 aromatic rings. The molecular weight excluding hydrogens is 282 g/mol. The minimum atomic E-state index is -0.539. The summed E-state index contributed by atoms with van der Waals surface area (Å²) in [7, 11) is 0. The highest BCUT2D eigenvalue weighted by Crippen LogP contribution is 2.13. The Labute approximate surface area is 128 Å². The summed E-state index contributed by atoms with van der Waals surface area (Å²) in [4.78, 5) is 26.2. The van der Waals surface area contributed by atoms with Gasteiger partial charge in [0, 0.05) is 43.8 Å². The molecule has 0 saturated carbocycles. The number of hydrogen-bond donors (Lipinski definition) is 1. The molecule has 0 aromatic carbocycles. The Balaban J connectivity index is 1.65. The third kappa shape index (κ3) is 3.44. The number of morpholine rings is 1. The van der Waals surface area contributed by atoms with Gasteiger partial charge in [-0.25, -0.2) is 9.97 Å². The van der Waals surface area contributed by atoms with Gasteiger partial charge in [-0.1, -0.05) is 6.07 Å². The fraction of sp³-hybridized carbons (Fsp3) is 0.333. The fourth-order valence-electron chi connectivity index (χ4n) is 2.34. The number of pyridine rings is 1. The van der Waals surface area contributed by atoms with Crippen LogP contribution >= 0.6 is 0 Å². The molecule has 0 radical (unpaired) electrons. The molecule has 3 rings (SSSR count). The first-order chi connectivity index (χ1) is 10.7. The Kier molecular flexibility index (Phi) is 4.36. The number of rotatable bonds is 4. The quantitative estimate of drug-likeness (QED) is 0.868. The predicted octanol–water partition coefficient (Wildman–Crippen LogP) is 0.225. The van der Waals surface area contributed by atoms with Crippen molar-refractivity contribution in [2.75, 3.05) is 19.7 Å². The van der Waals surface area contributed by atoms with Crippen LogP contribution in [0.15, 0.2) is 36.8 Å². The van der Waals surface area contributed by atoms with E-state index in [1.807, 2.05) is 18.2 Å². The van der Waals surface area contributed by atoms with Gasteiger partial charge in [0.15, 0.2) is 5.82 Å². The van der Waals surface area contributed by atoms with E-state index < -0.39 is 12.0 Å². The van der Waals surface area contributed by atoms with Gasteiger partial charge < -0.3 is 10.5 Å². The molecule has 2 N–H and O–H groups in total. The molecular formula is C15H17N5O2. The van der Waals surface area contributed by atoms with Crippen molar-refractivity contribution in [2.24, 2.45) is 5.73 Å². The van der Waals surface area contributed by atoms with Gasteiger partial charge in [-0.05, 0) is 12.1 Å². The van der Waals surface area contributed by atoms with Gasteiger partial charge in [-0.3, -0.25) is 14.7 Å². The molecule has 1 aliphatic rings. The van der Waals surface area contributed by atoms with E-state index in [-0.39, 0.29) is 0 Å². The standard InChI is InChI=1S/C15H17N5O2/c16-14(21)13-10-20(5-6-22-13)9-11-7-18-15(19-8-11)12-3-1-2-4-17-12/h1-4,7-8,13H,5-6,9-10H2,(H2,16,21)/t13-/m1/s1. The average molecular weight is 299 g/mol. The molecule has 7 nitrogen and oxygen atoms in total. The molecule has 0 aliphatic carbocycles. The third-order valence-corrected chi connectivity index (χ3v) is 3.47. The zero-order valence-electron chi connectivity index (χ0n) is 12.1. The normalized spacial score (nSPS) is 19.0. The lowest BCUT2D eigenvalue weighted by atomic mass is 10.2. The van der Waals surface area contributed by atoms with Crippen LogP contribution < -0.4 is 5.73 Å². The summed E-state index contributed by atoms with van der Waals surface area (Å²) in [5.41, 5.74) is 7.01. The van der Waals surface area contributed by atoms with Crippen molar-refractivity contribution >= 4 is 5.91 Å². The number of nitrogens with zero attached hydrogens (tertiary/aromatic N) is 4.